The number of carbonyl (C=O) groups excluding carboxylic acids is 1. The number of carbonyl (C=O) groups is 1. The fourth-order valence-corrected chi connectivity index (χ4v) is 3.54. The number of guanidine groups is 1. The van der Waals surface area contributed by atoms with Crippen LogP contribution in [-0.4, -0.2) is 56.6 Å². The summed E-state index contributed by atoms with van der Waals surface area (Å²) >= 11 is 0. The number of hydrogen-bond donors (Lipinski definition) is 2. The molecule has 0 bridgehead atoms. The SMILES string of the molecule is CN=C(NCCC(=O)N1CCCCC1C)NCCc1cc(C)ccc1OC.I. The molecule has 0 saturated carbocycles. The van der Waals surface area contributed by atoms with E-state index < -0.39 is 0 Å². The second kappa shape index (κ2) is 12.9. The largest absolute Gasteiger partial charge is 0.496 e. The van der Waals surface area contributed by atoms with E-state index in [0.29, 0.717) is 19.0 Å². The van der Waals surface area contributed by atoms with E-state index in [-0.39, 0.29) is 29.9 Å². The summed E-state index contributed by atoms with van der Waals surface area (Å²) in [5.41, 5.74) is 2.40. The number of aliphatic imine (C=N–C) groups is 1. The Hall–Kier alpha value is -1.51. The molecule has 28 heavy (non-hydrogen) atoms. The van der Waals surface area contributed by atoms with Crippen LogP contribution in [0.4, 0.5) is 0 Å². The molecule has 1 saturated heterocycles. The first-order valence-corrected chi connectivity index (χ1v) is 9.92. The van der Waals surface area contributed by atoms with Gasteiger partial charge < -0.3 is 20.3 Å². The number of piperidine rings is 1. The summed E-state index contributed by atoms with van der Waals surface area (Å²) in [6.07, 6.45) is 4.80. The molecule has 1 fully saturated rings. The van der Waals surface area contributed by atoms with Crippen LogP contribution >= 0.6 is 24.0 Å². The molecule has 1 aliphatic heterocycles. The molecule has 2 N–H and O–H groups in total. The van der Waals surface area contributed by atoms with E-state index in [1.807, 2.05) is 11.0 Å². The van der Waals surface area contributed by atoms with Crippen molar-refractivity contribution in [2.45, 2.75) is 52.0 Å². The van der Waals surface area contributed by atoms with E-state index in [0.717, 1.165) is 44.1 Å². The van der Waals surface area contributed by atoms with E-state index in [1.165, 1.54) is 17.5 Å². The maximum Gasteiger partial charge on any atom is 0.224 e. The van der Waals surface area contributed by atoms with Gasteiger partial charge in [-0.3, -0.25) is 9.79 Å². The number of nitrogens with one attached hydrogen (secondary N) is 2. The number of methoxy groups -OCH3 is 1. The van der Waals surface area contributed by atoms with Gasteiger partial charge in [-0.25, -0.2) is 0 Å². The summed E-state index contributed by atoms with van der Waals surface area (Å²) in [7, 11) is 3.44. The molecule has 1 heterocycles. The molecule has 1 aliphatic rings. The summed E-state index contributed by atoms with van der Waals surface area (Å²) in [4.78, 5) is 18.7. The molecule has 158 valence electrons. The fraction of sp³-hybridized carbons (Fsp3) is 0.619. The lowest BCUT2D eigenvalue weighted by molar-refractivity contribution is -0.134. The Balaban J connectivity index is 0.00000392. The number of aryl methyl sites for hydroxylation is 1. The smallest absolute Gasteiger partial charge is 0.224 e. The molecule has 1 atom stereocenters. The lowest BCUT2D eigenvalue weighted by Gasteiger charge is -2.33. The van der Waals surface area contributed by atoms with Crippen LogP contribution in [0.5, 0.6) is 5.75 Å². The zero-order chi connectivity index (χ0) is 19.6. The van der Waals surface area contributed by atoms with Crippen molar-refractivity contribution >= 4 is 35.8 Å². The molecule has 6 nitrogen and oxygen atoms in total. The second-order valence-corrected chi connectivity index (χ2v) is 7.17. The van der Waals surface area contributed by atoms with Crippen LogP contribution < -0.4 is 15.4 Å². The number of ether oxygens (including phenoxy) is 1. The Labute approximate surface area is 186 Å². The minimum absolute atomic E-state index is 0. The molecule has 1 aromatic rings. The topological polar surface area (TPSA) is 66.0 Å². The Kier molecular flexibility index (Phi) is 11.3. The van der Waals surface area contributed by atoms with E-state index in [1.54, 1.807) is 14.2 Å². The monoisotopic (exact) mass is 502 g/mol. The molecular weight excluding hydrogens is 467 g/mol. The quantitative estimate of drug-likeness (QED) is 0.342. The molecule has 0 aliphatic carbocycles. The molecular formula is C21H35IN4O2. The molecule has 0 spiro atoms. The van der Waals surface area contributed by atoms with Crippen molar-refractivity contribution in [1.29, 1.82) is 0 Å². The molecule has 1 aromatic carbocycles. The standard InChI is InChI=1S/C21H34N4O2.HI/c1-16-8-9-19(27-4)18(15-16)10-12-23-21(22-3)24-13-11-20(26)25-14-6-5-7-17(25)2;/h8-9,15,17H,5-7,10-14H2,1-4H3,(H2,22,23,24);1H. The van der Waals surface area contributed by atoms with Gasteiger partial charge in [-0.2, -0.15) is 0 Å². The number of benzene rings is 1. The van der Waals surface area contributed by atoms with Gasteiger partial charge >= 0.3 is 0 Å². The van der Waals surface area contributed by atoms with E-state index in [4.69, 9.17) is 4.74 Å². The van der Waals surface area contributed by atoms with Crippen molar-refractivity contribution < 1.29 is 9.53 Å². The van der Waals surface area contributed by atoms with Crippen LogP contribution in [0.3, 0.4) is 0 Å². The predicted molar refractivity (Wildman–Crippen MR) is 126 cm³/mol. The maximum atomic E-state index is 12.4. The third-order valence-corrected chi connectivity index (χ3v) is 5.10. The Morgan fingerprint density at radius 2 is 2.04 bits per heavy atom. The lowest BCUT2D eigenvalue weighted by atomic mass is 10.0. The van der Waals surface area contributed by atoms with Gasteiger partial charge in [0.25, 0.3) is 0 Å². The Morgan fingerprint density at radius 3 is 2.71 bits per heavy atom. The third-order valence-electron chi connectivity index (χ3n) is 5.10. The highest BCUT2D eigenvalue weighted by Crippen LogP contribution is 2.19. The average Bonchev–Trinajstić information content (AvgIpc) is 2.67. The molecule has 1 unspecified atom stereocenters. The first-order valence-electron chi connectivity index (χ1n) is 9.92. The summed E-state index contributed by atoms with van der Waals surface area (Å²) < 4.78 is 5.43. The normalized spacial score (nSPS) is 16.9. The number of hydrogen-bond acceptors (Lipinski definition) is 3. The second-order valence-electron chi connectivity index (χ2n) is 7.17. The van der Waals surface area contributed by atoms with Crippen molar-refractivity contribution in [2.75, 3.05) is 33.8 Å². The van der Waals surface area contributed by atoms with Crippen LogP contribution in [0.1, 0.15) is 43.7 Å². The van der Waals surface area contributed by atoms with Gasteiger partial charge in [-0.05, 0) is 51.2 Å². The highest BCUT2D eigenvalue weighted by atomic mass is 127. The van der Waals surface area contributed by atoms with E-state index in [9.17, 15) is 4.79 Å². The van der Waals surface area contributed by atoms with Crippen molar-refractivity contribution in [3.8, 4) is 5.75 Å². The van der Waals surface area contributed by atoms with Crippen LogP contribution in [0.2, 0.25) is 0 Å². The lowest BCUT2D eigenvalue weighted by Crippen LogP contribution is -2.44. The number of nitrogens with zero attached hydrogens (tertiary/aromatic N) is 2. The summed E-state index contributed by atoms with van der Waals surface area (Å²) in [6.45, 7) is 6.46. The van der Waals surface area contributed by atoms with Crippen LogP contribution in [0.15, 0.2) is 23.2 Å². The first-order chi connectivity index (χ1) is 13.0. The Morgan fingerprint density at radius 1 is 1.29 bits per heavy atom. The number of likely N-dealkylation sites (tertiary alicyclic amines) is 1. The fourth-order valence-electron chi connectivity index (χ4n) is 3.54. The van der Waals surface area contributed by atoms with E-state index in [2.05, 4.69) is 41.6 Å². The summed E-state index contributed by atoms with van der Waals surface area (Å²) in [5, 5.41) is 6.55. The van der Waals surface area contributed by atoms with Gasteiger partial charge in [0.1, 0.15) is 5.75 Å². The molecule has 1 amide bonds. The average molecular weight is 502 g/mol. The number of rotatable bonds is 7. The third kappa shape index (κ3) is 7.48. The van der Waals surface area contributed by atoms with Crippen molar-refractivity contribution in [1.82, 2.24) is 15.5 Å². The minimum Gasteiger partial charge on any atom is -0.496 e. The zero-order valence-corrected chi connectivity index (χ0v) is 19.9. The number of halogens is 1. The van der Waals surface area contributed by atoms with Gasteiger partial charge in [-0.1, -0.05) is 17.7 Å². The minimum atomic E-state index is 0. The van der Waals surface area contributed by atoms with Crippen LogP contribution in [0.25, 0.3) is 0 Å². The highest BCUT2D eigenvalue weighted by molar-refractivity contribution is 14.0. The van der Waals surface area contributed by atoms with Crippen molar-refractivity contribution in [2.24, 2.45) is 4.99 Å². The molecule has 0 aromatic heterocycles. The first kappa shape index (κ1) is 24.5. The predicted octanol–water partition coefficient (Wildman–Crippen LogP) is 3.12. The Bertz CT molecular complexity index is 651. The van der Waals surface area contributed by atoms with Gasteiger partial charge in [0.2, 0.25) is 5.91 Å². The van der Waals surface area contributed by atoms with Gasteiger partial charge in [0.15, 0.2) is 5.96 Å². The summed E-state index contributed by atoms with van der Waals surface area (Å²) in [5.74, 6) is 1.86. The molecule has 0 radical (unpaired) electrons. The van der Waals surface area contributed by atoms with Crippen LogP contribution in [-0.2, 0) is 11.2 Å². The van der Waals surface area contributed by atoms with Crippen LogP contribution in [0, 0.1) is 6.92 Å². The zero-order valence-electron chi connectivity index (χ0n) is 17.6. The van der Waals surface area contributed by atoms with Gasteiger partial charge in [-0.15, -0.1) is 24.0 Å². The van der Waals surface area contributed by atoms with Crippen molar-refractivity contribution in [3.05, 3.63) is 29.3 Å². The molecule has 2 rings (SSSR count). The van der Waals surface area contributed by atoms with Crippen molar-refractivity contribution in [3.63, 3.8) is 0 Å². The maximum absolute atomic E-state index is 12.4. The number of amides is 1. The van der Waals surface area contributed by atoms with Gasteiger partial charge in [0.05, 0.1) is 7.11 Å². The van der Waals surface area contributed by atoms with Gasteiger partial charge in [0, 0.05) is 39.1 Å². The highest BCUT2D eigenvalue weighted by Gasteiger charge is 2.22. The summed E-state index contributed by atoms with van der Waals surface area (Å²) in [6, 6.07) is 6.57. The van der Waals surface area contributed by atoms with E-state index >= 15 is 0 Å². The molecule has 7 heteroatoms.